The van der Waals surface area contributed by atoms with Crippen LogP contribution in [0.25, 0.3) is 0 Å². The molecule has 2 aliphatic heterocycles. The van der Waals surface area contributed by atoms with Crippen molar-refractivity contribution >= 4 is 11.6 Å². The minimum atomic E-state index is 0.0161. The predicted molar refractivity (Wildman–Crippen MR) is 105 cm³/mol. The zero-order valence-corrected chi connectivity index (χ0v) is 15.5. The topological polar surface area (TPSA) is 50.8 Å². The van der Waals surface area contributed by atoms with E-state index in [4.69, 9.17) is 9.47 Å². The fourth-order valence-electron chi connectivity index (χ4n) is 3.69. The van der Waals surface area contributed by atoms with Crippen LogP contribution < -0.4 is 10.1 Å². The van der Waals surface area contributed by atoms with Gasteiger partial charge in [0.1, 0.15) is 12.4 Å². The second-order valence-corrected chi connectivity index (χ2v) is 7.25. The number of carbonyl (C=O) groups excluding carboxylic acids is 1. The summed E-state index contributed by atoms with van der Waals surface area (Å²) >= 11 is 0. The van der Waals surface area contributed by atoms with Crippen LogP contribution in [0.3, 0.4) is 0 Å². The average Bonchev–Trinajstić information content (AvgIpc) is 3.21. The molecule has 5 heteroatoms. The molecular weight excluding hydrogens is 340 g/mol. The zero-order chi connectivity index (χ0) is 18.5. The van der Waals surface area contributed by atoms with Crippen LogP contribution in [0.15, 0.2) is 48.5 Å². The Morgan fingerprint density at radius 2 is 1.96 bits per heavy atom. The van der Waals surface area contributed by atoms with E-state index in [9.17, 15) is 4.79 Å². The van der Waals surface area contributed by atoms with Crippen LogP contribution in [0.5, 0.6) is 5.75 Å². The van der Waals surface area contributed by atoms with Crippen LogP contribution in [0.2, 0.25) is 0 Å². The molecule has 1 saturated heterocycles. The van der Waals surface area contributed by atoms with Gasteiger partial charge in [-0.25, -0.2) is 0 Å². The van der Waals surface area contributed by atoms with Crippen LogP contribution in [0.4, 0.5) is 5.69 Å². The summed E-state index contributed by atoms with van der Waals surface area (Å²) in [5, 5.41) is 2.98. The number of ether oxygens (including phenoxy) is 2. The number of amides is 1. The smallest absolute Gasteiger partial charge is 0.238 e. The van der Waals surface area contributed by atoms with Crippen molar-refractivity contribution in [3.8, 4) is 5.75 Å². The molecule has 1 N–H and O–H groups in total. The van der Waals surface area contributed by atoms with Gasteiger partial charge in [0, 0.05) is 25.4 Å². The third-order valence-electron chi connectivity index (χ3n) is 5.17. The summed E-state index contributed by atoms with van der Waals surface area (Å²) in [7, 11) is 0. The molecule has 2 aliphatic rings. The van der Waals surface area contributed by atoms with Gasteiger partial charge >= 0.3 is 0 Å². The van der Waals surface area contributed by atoms with Crippen molar-refractivity contribution in [3.05, 3.63) is 59.7 Å². The van der Waals surface area contributed by atoms with Gasteiger partial charge in [-0.3, -0.25) is 9.69 Å². The first kappa shape index (κ1) is 18.0. The molecule has 1 amide bonds. The largest absolute Gasteiger partial charge is 0.491 e. The lowest BCUT2D eigenvalue weighted by Crippen LogP contribution is -2.37. The number of fused-ring (bicyclic) bond motifs is 1. The Bertz CT molecular complexity index is 769. The molecule has 0 saturated carbocycles. The van der Waals surface area contributed by atoms with Crippen molar-refractivity contribution < 1.29 is 14.3 Å². The molecular formula is C22H26N2O3. The Hall–Kier alpha value is -2.37. The highest BCUT2D eigenvalue weighted by atomic mass is 16.5. The minimum absolute atomic E-state index is 0.0161. The van der Waals surface area contributed by atoms with Gasteiger partial charge in [-0.1, -0.05) is 24.3 Å². The third-order valence-corrected chi connectivity index (χ3v) is 5.17. The molecule has 1 atom stereocenters. The van der Waals surface area contributed by atoms with Crippen LogP contribution >= 0.6 is 0 Å². The second kappa shape index (κ2) is 8.55. The van der Waals surface area contributed by atoms with E-state index in [2.05, 4.69) is 34.5 Å². The Labute approximate surface area is 160 Å². The van der Waals surface area contributed by atoms with Crippen LogP contribution in [0.1, 0.15) is 24.0 Å². The number of nitrogens with one attached hydrogen (secondary N) is 1. The van der Waals surface area contributed by atoms with Gasteiger partial charge < -0.3 is 14.8 Å². The standard InChI is InChI=1S/C22H26N2O3/c25-22(15-24-12-11-17-4-1-2-5-18(17)14-24)23-19-7-9-20(10-8-19)27-16-21-6-3-13-26-21/h1-2,4-5,7-10,21H,3,6,11-16H2,(H,23,25). The van der Waals surface area contributed by atoms with Gasteiger partial charge in [0.25, 0.3) is 0 Å². The molecule has 4 rings (SSSR count). The molecule has 2 aromatic rings. The summed E-state index contributed by atoms with van der Waals surface area (Å²) in [6.07, 6.45) is 3.38. The molecule has 2 heterocycles. The molecule has 2 aromatic carbocycles. The van der Waals surface area contributed by atoms with E-state index in [-0.39, 0.29) is 12.0 Å². The van der Waals surface area contributed by atoms with E-state index in [1.807, 2.05) is 24.3 Å². The van der Waals surface area contributed by atoms with Gasteiger partial charge in [-0.2, -0.15) is 0 Å². The number of hydrogen-bond donors (Lipinski definition) is 1. The summed E-state index contributed by atoms with van der Waals surface area (Å²) in [5.41, 5.74) is 3.51. The summed E-state index contributed by atoms with van der Waals surface area (Å²) in [6.45, 7) is 3.58. The van der Waals surface area contributed by atoms with Crippen molar-refractivity contribution in [1.29, 1.82) is 0 Å². The van der Waals surface area contributed by atoms with Crippen molar-refractivity contribution in [2.24, 2.45) is 0 Å². The molecule has 1 unspecified atom stereocenters. The Kier molecular flexibility index (Phi) is 5.70. The first-order chi connectivity index (χ1) is 13.3. The monoisotopic (exact) mass is 366 g/mol. The van der Waals surface area contributed by atoms with Crippen molar-refractivity contribution in [1.82, 2.24) is 4.90 Å². The highest BCUT2D eigenvalue weighted by molar-refractivity contribution is 5.92. The van der Waals surface area contributed by atoms with Gasteiger partial charge in [-0.15, -0.1) is 0 Å². The fraction of sp³-hybridized carbons (Fsp3) is 0.409. The number of nitrogens with zero attached hydrogens (tertiary/aromatic N) is 1. The first-order valence-corrected chi connectivity index (χ1v) is 9.70. The third kappa shape index (κ3) is 4.87. The quantitative estimate of drug-likeness (QED) is 0.853. The van der Waals surface area contributed by atoms with Gasteiger partial charge in [0.05, 0.1) is 12.6 Å². The predicted octanol–water partition coefficient (Wildman–Crippen LogP) is 3.24. The highest BCUT2D eigenvalue weighted by Gasteiger charge is 2.18. The molecule has 0 spiro atoms. The van der Waals surface area contributed by atoms with Crippen LogP contribution in [-0.4, -0.2) is 43.2 Å². The van der Waals surface area contributed by atoms with Crippen molar-refractivity contribution in [3.63, 3.8) is 0 Å². The number of benzene rings is 2. The lowest BCUT2D eigenvalue weighted by Gasteiger charge is -2.28. The van der Waals surface area contributed by atoms with Crippen molar-refractivity contribution in [2.45, 2.75) is 31.9 Å². The number of carbonyl (C=O) groups is 1. The normalized spacial score (nSPS) is 19.5. The average molecular weight is 366 g/mol. The first-order valence-electron chi connectivity index (χ1n) is 9.70. The van der Waals surface area contributed by atoms with Gasteiger partial charge in [0.15, 0.2) is 0 Å². The van der Waals surface area contributed by atoms with E-state index in [0.29, 0.717) is 13.2 Å². The molecule has 5 nitrogen and oxygen atoms in total. The van der Waals surface area contributed by atoms with Gasteiger partial charge in [0.2, 0.25) is 5.91 Å². The van der Waals surface area contributed by atoms with E-state index in [1.54, 1.807) is 0 Å². The minimum Gasteiger partial charge on any atom is -0.491 e. The van der Waals surface area contributed by atoms with E-state index in [0.717, 1.165) is 50.4 Å². The lowest BCUT2D eigenvalue weighted by atomic mass is 10.00. The summed E-state index contributed by atoms with van der Waals surface area (Å²) in [6, 6.07) is 16.0. The zero-order valence-electron chi connectivity index (χ0n) is 15.5. The number of anilines is 1. The second-order valence-electron chi connectivity index (χ2n) is 7.25. The molecule has 0 bridgehead atoms. The lowest BCUT2D eigenvalue weighted by molar-refractivity contribution is -0.117. The molecule has 27 heavy (non-hydrogen) atoms. The van der Waals surface area contributed by atoms with E-state index < -0.39 is 0 Å². The Morgan fingerprint density at radius 1 is 1.15 bits per heavy atom. The fourth-order valence-corrected chi connectivity index (χ4v) is 3.69. The number of rotatable bonds is 6. The SMILES string of the molecule is O=C(CN1CCc2ccccc2C1)Nc1ccc(OCC2CCCO2)cc1. The van der Waals surface area contributed by atoms with Crippen LogP contribution in [0, 0.1) is 0 Å². The van der Waals surface area contributed by atoms with E-state index in [1.165, 1.54) is 11.1 Å². The maximum absolute atomic E-state index is 12.4. The Morgan fingerprint density at radius 3 is 2.74 bits per heavy atom. The molecule has 0 aliphatic carbocycles. The molecule has 0 radical (unpaired) electrons. The highest BCUT2D eigenvalue weighted by Crippen LogP contribution is 2.20. The summed E-state index contributed by atoms with van der Waals surface area (Å²) < 4.78 is 11.3. The molecule has 142 valence electrons. The summed E-state index contributed by atoms with van der Waals surface area (Å²) in [4.78, 5) is 14.6. The molecule has 1 fully saturated rings. The maximum Gasteiger partial charge on any atom is 0.238 e. The molecule has 0 aromatic heterocycles. The maximum atomic E-state index is 12.4. The number of hydrogen-bond acceptors (Lipinski definition) is 4. The van der Waals surface area contributed by atoms with Crippen molar-refractivity contribution in [2.75, 3.05) is 31.6 Å². The summed E-state index contributed by atoms with van der Waals surface area (Å²) in [5.74, 6) is 0.818. The van der Waals surface area contributed by atoms with Crippen LogP contribution in [-0.2, 0) is 22.5 Å². The Balaban J connectivity index is 1.24. The van der Waals surface area contributed by atoms with Gasteiger partial charge in [-0.05, 0) is 54.7 Å². The van der Waals surface area contributed by atoms with E-state index >= 15 is 0 Å².